The van der Waals surface area contributed by atoms with Gasteiger partial charge in [-0.3, -0.25) is 23.7 Å². The van der Waals surface area contributed by atoms with Gasteiger partial charge in [0, 0.05) is 31.1 Å². The summed E-state index contributed by atoms with van der Waals surface area (Å²) in [6, 6.07) is 9.28. The molecule has 1 aromatic carbocycles. The fourth-order valence-corrected chi connectivity index (χ4v) is 4.73. The summed E-state index contributed by atoms with van der Waals surface area (Å²) in [5.74, 6) is 0.258. The third kappa shape index (κ3) is 4.70. The number of rotatable bonds is 7. The van der Waals surface area contributed by atoms with Gasteiger partial charge < -0.3 is 5.32 Å². The van der Waals surface area contributed by atoms with E-state index in [1.807, 2.05) is 51.1 Å². The number of thioether (sulfide) groups is 1. The van der Waals surface area contributed by atoms with Gasteiger partial charge in [-0.1, -0.05) is 38.6 Å². The second kappa shape index (κ2) is 9.99. The summed E-state index contributed by atoms with van der Waals surface area (Å²) in [4.78, 5) is 52.7. The molecule has 0 fully saturated rings. The number of carbonyl (C=O) groups excluding carboxylic acids is 1. The molecular formula is C25H28N6O3S. The van der Waals surface area contributed by atoms with Crippen LogP contribution in [0.5, 0.6) is 0 Å². The maximum Gasteiger partial charge on any atom is 0.332 e. The number of fused-ring (bicyclic) bond motifs is 2. The Balaban J connectivity index is 1.76. The maximum atomic E-state index is 13.2. The fourth-order valence-electron chi connectivity index (χ4n) is 3.79. The first-order valence-corrected chi connectivity index (χ1v) is 12.4. The predicted molar refractivity (Wildman–Crippen MR) is 139 cm³/mol. The summed E-state index contributed by atoms with van der Waals surface area (Å²) < 4.78 is 2.59. The smallest absolute Gasteiger partial charge is 0.324 e. The van der Waals surface area contributed by atoms with E-state index in [4.69, 9.17) is 0 Å². The molecule has 0 aliphatic rings. The molecule has 1 unspecified atom stereocenters. The maximum absolute atomic E-state index is 13.2. The number of aryl methyl sites for hydroxylation is 1. The van der Waals surface area contributed by atoms with Crippen molar-refractivity contribution in [2.75, 3.05) is 5.32 Å². The normalized spacial score (nSPS) is 12.4. The third-order valence-corrected chi connectivity index (χ3v) is 6.78. The molecule has 4 aromatic rings. The minimum Gasteiger partial charge on any atom is -0.324 e. The average Bonchev–Trinajstić information content (AvgIpc) is 2.85. The van der Waals surface area contributed by atoms with Crippen LogP contribution < -0.4 is 16.6 Å². The number of nitrogens with one attached hydrogen (secondary N) is 1. The Kier molecular flexibility index (Phi) is 7.02. The van der Waals surface area contributed by atoms with Gasteiger partial charge in [-0.15, -0.1) is 0 Å². The van der Waals surface area contributed by atoms with Gasteiger partial charge in [0.2, 0.25) is 5.91 Å². The Morgan fingerprint density at radius 2 is 1.89 bits per heavy atom. The van der Waals surface area contributed by atoms with E-state index >= 15 is 0 Å². The van der Waals surface area contributed by atoms with Gasteiger partial charge in [-0.2, -0.15) is 0 Å². The van der Waals surface area contributed by atoms with Crippen molar-refractivity contribution in [3.63, 3.8) is 0 Å². The van der Waals surface area contributed by atoms with Crippen LogP contribution in [0.4, 0.5) is 5.69 Å². The molecule has 0 spiro atoms. The summed E-state index contributed by atoms with van der Waals surface area (Å²) in [6.45, 7) is 8.04. The SMILES string of the molecule is CCCn1c(=O)n(C)c(=O)c2c(SC(C)C(=O)Nc3cccc4ncccc34)nc(C(C)C)nc21. The number of anilines is 1. The minimum atomic E-state index is -0.573. The second-order valence-electron chi connectivity index (χ2n) is 8.66. The molecule has 35 heavy (non-hydrogen) atoms. The Morgan fingerprint density at radius 1 is 1.11 bits per heavy atom. The van der Waals surface area contributed by atoms with Crippen molar-refractivity contribution in [1.82, 2.24) is 24.1 Å². The molecule has 1 N–H and O–H groups in total. The van der Waals surface area contributed by atoms with Crippen LogP contribution in [0.1, 0.15) is 45.9 Å². The highest BCUT2D eigenvalue weighted by atomic mass is 32.2. The Labute approximate surface area is 206 Å². The Bertz CT molecular complexity index is 1540. The monoisotopic (exact) mass is 492 g/mol. The molecule has 10 heteroatoms. The molecular weight excluding hydrogens is 464 g/mol. The van der Waals surface area contributed by atoms with Crippen LogP contribution >= 0.6 is 11.8 Å². The molecule has 0 bridgehead atoms. The first-order chi connectivity index (χ1) is 16.7. The highest BCUT2D eigenvalue weighted by Gasteiger charge is 2.23. The number of pyridine rings is 1. The minimum absolute atomic E-state index is 0.0275. The van der Waals surface area contributed by atoms with Gasteiger partial charge >= 0.3 is 5.69 Å². The number of carbonyl (C=O) groups is 1. The van der Waals surface area contributed by atoms with Crippen molar-refractivity contribution in [2.45, 2.75) is 56.9 Å². The number of hydrogen-bond donors (Lipinski definition) is 1. The summed E-state index contributed by atoms with van der Waals surface area (Å²) in [7, 11) is 1.45. The van der Waals surface area contributed by atoms with E-state index in [1.54, 1.807) is 13.1 Å². The van der Waals surface area contributed by atoms with E-state index in [-0.39, 0.29) is 17.2 Å². The van der Waals surface area contributed by atoms with Crippen molar-refractivity contribution < 1.29 is 4.79 Å². The number of aromatic nitrogens is 5. The van der Waals surface area contributed by atoms with Crippen molar-refractivity contribution in [3.05, 3.63) is 63.2 Å². The Morgan fingerprint density at radius 3 is 2.60 bits per heavy atom. The van der Waals surface area contributed by atoms with Crippen LogP contribution in [0, 0.1) is 0 Å². The number of hydrogen-bond acceptors (Lipinski definition) is 7. The largest absolute Gasteiger partial charge is 0.332 e. The van der Waals surface area contributed by atoms with Crippen LogP contribution in [0.15, 0.2) is 51.1 Å². The summed E-state index contributed by atoms with van der Waals surface area (Å²) in [5, 5.41) is 3.89. The van der Waals surface area contributed by atoms with Gasteiger partial charge in [-0.05, 0) is 37.6 Å². The molecule has 0 aliphatic carbocycles. The van der Waals surface area contributed by atoms with E-state index in [0.717, 1.165) is 15.5 Å². The zero-order chi connectivity index (χ0) is 25.3. The molecule has 1 atom stereocenters. The number of amides is 1. The van der Waals surface area contributed by atoms with Crippen LogP contribution in [0.25, 0.3) is 21.9 Å². The molecule has 0 radical (unpaired) electrons. The predicted octanol–water partition coefficient (Wildman–Crippen LogP) is 3.69. The van der Waals surface area contributed by atoms with E-state index in [1.165, 1.54) is 23.4 Å². The van der Waals surface area contributed by atoms with Gasteiger partial charge in [0.15, 0.2) is 5.65 Å². The van der Waals surface area contributed by atoms with E-state index < -0.39 is 16.5 Å². The summed E-state index contributed by atoms with van der Waals surface area (Å²) in [6.07, 6.45) is 2.41. The molecule has 1 amide bonds. The van der Waals surface area contributed by atoms with Crippen LogP contribution in [-0.4, -0.2) is 35.2 Å². The van der Waals surface area contributed by atoms with E-state index in [2.05, 4.69) is 20.3 Å². The van der Waals surface area contributed by atoms with Crippen molar-refractivity contribution in [1.29, 1.82) is 0 Å². The van der Waals surface area contributed by atoms with Crippen LogP contribution in [-0.2, 0) is 18.4 Å². The third-order valence-electron chi connectivity index (χ3n) is 5.69. The molecule has 3 heterocycles. The van der Waals surface area contributed by atoms with E-state index in [9.17, 15) is 14.4 Å². The molecule has 0 saturated heterocycles. The first kappa shape index (κ1) is 24.6. The van der Waals surface area contributed by atoms with Gasteiger partial charge in [0.25, 0.3) is 5.56 Å². The highest BCUT2D eigenvalue weighted by molar-refractivity contribution is 8.00. The zero-order valence-corrected chi connectivity index (χ0v) is 21.2. The quantitative estimate of drug-likeness (QED) is 0.309. The molecule has 182 valence electrons. The lowest BCUT2D eigenvalue weighted by atomic mass is 10.2. The number of nitrogens with zero attached hydrogens (tertiary/aromatic N) is 5. The highest BCUT2D eigenvalue weighted by Crippen LogP contribution is 2.29. The molecule has 3 aromatic heterocycles. The van der Waals surface area contributed by atoms with Crippen molar-refractivity contribution >= 4 is 45.3 Å². The lowest BCUT2D eigenvalue weighted by Crippen LogP contribution is -2.39. The Hall–Kier alpha value is -3.53. The fraction of sp³-hybridized carbons (Fsp3) is 0.360. The number of benzene rings is 1. The zero-order valence-electron chi connectivity index (χ0n) is 20.4. The first-order valence-electron chi connectivity index (χ1n) is 11.6. The van der Waals surface area contributed by atoms with Gasteiger partial charge in [0.05, 0.1) is 16.5 Å². The summed E-state index contributed by atoms with van der Waals surface area (Å²) in [5.41, 5.74) is 0.878. The topological polar surface area (TPSA) is 112 Å². The molecule has 0 saturated carbocycles. The van der Waals surface area contributed by atoms with Crippen LogP contribution in [0.3, 0.4) is 0 Å². The lowest BCUT2D eigenvalue weighted by molar-refractivity contribution is -0.115. The van der Waals surface area contributed by atoms with Gasteiger partial charge in [0.1, 0.15) is 16.2 Å². The standard InChI is InChI=1S/C25H28N6O3S/c1-6-13-31-21-19(24(33)30(5)25(31)34)23(29-20(28-21)14(2)3)35-15(4)22(32)27-18-11-7-10-17-16(18)9-8-12-26-17/h7-12,14-15H,6,13H2,1-5H3,(H,27,32). The summed E-state index contributed by atoms with van der Waals surface area (Å²) >= 11 is 1.19. The van der Waals surface area contributed by atoms with Crippen molar-refractivity contribution in [2.24, 2.45) is 7.05 Å². The van der Waals surface area contributed by atoms with Gasteiger partial charge in [-0.25, -0.2) is 14.8 Å². The van der Waals surface area contributed by atoms with Crippen LogP contribution in [0.2, 0.25) is 0 Å². The van der Waals surface area contributed by atoms with E-state index in [0.29, 0.717) is 35.2 Å². The van der Waals surface area contributed by atoms with Crippen molar-refractivity contribution in [3.8, 4) is 0 Å². The molecule has 9 nitrogen and oxygen atoms in total. The molecule has 4 rings (SSSR count). The average molecular weight is 493 g/mol. The molecule has 0 aliphatic heterocycles. The second-order valence-corrected chi connectivity index (χ2v) is 9.99. The lowest BCUT2D eigenvalue weighted by Gasteiger charge is -2.17.